The van der Waals surface area contributed by atoms with E-state index in [1.54, 1.807) is 24.1 Å². The van der Waals surface area contributed by atoms with Crippen LogP contribution in [0.2, 0.25) is 0 Å². The summed E-state index contributed by atoms with van der Waals surface area (Å²) in [6.45, 7) is 0.576. The molecule has 2 aromatic carbocycles. The Bertz CT molecular complexity index is 769. The van der Waals surface area contributed by atoms with Gasteiger partial charge in [-0.25, -0.2) is 4.79 Å². The molecule has 1 aliphatic heterocycles. The maximum atomic E-state index is 12.6. The number of rotatable bonds is 4. The third kappa shape index (κ3) is 2.90. The standard InChI is InChI=1S/C18H17NO4/c1-23-16-5-3-2-4-13(16)11-17(20)19-9-8-12-10-14(18(21)22)6-7-15(12)19/h2-7,10H,8-9,11H2,1H3,(H,21,22). The molecule has 5 heteroatoms. The van der Waals surface area contributed by atoms with Crippen molar-refractivity contribution >= 4 is 17.6 Å². The SMILES string of the molecule is COc1ccccc1CC(=O)N1CCc2cc(C(=O)O)ccc21. The first-order valence-electron chi connectivity index (χ1n) is 7.38. The number of hydrogen-bond donors (Lipinski definition) is 1. The van der Waals surface area contributed by atoms with Gasteiger partial charge in [-0.3, -0.25) is 4.79 Å². The number of carbonyl (C=O) groups excluding carboxylic acids is 1. The summed E-state index contributed by atoms with van der Waals surface area (Å²) in [6, 6.07) is 12.4. The normalized spacial score (nSPS) is 12.8. The Labute approximate surface area is 134 Å². The van der Waals surface area contributed by atoms with Gasteiger partial charge in [-0.05, 0) is 36.2 Å². The Balaban J connectivity index is 1.82. The summed E-state index contributed by atoms with van der Waals surface area (Å²) in [5.74, 6) is -0.274. The maximum Gasteiger partial charge on any atom is 0.335 e. The molecular weight excluding hydrogens is 294 g/mol. The van der Waals surface area contributed by atoms with Crippen LogP contribution in [0.3, 0.4) is 0 Å². The fourth-order valence-corrected chi connectivity index (χ4v) is 2.90. The predicted molar refractivity (Wildman–Crippen MR) is 86.2 cm³/mol. The van der Waals surface area contributed by atoms with Crippen LogP contribution in [0.25, 0.3) is 0 Å². The van der Waals surface area contributed by atoms with E-state index in [0.717, 1.165) is 16.8 Å². The molecule has 0 atom stereocenters. The number of amides is 1. The summed E-state index contributed by atoms with van der Waals surface area (Å²) >= 11 is 0. The highest BCUT2D eigenvalue weighted by molar-refractivity contribution is 5.98. The molecule has 0 aromatic heterocycles. The lowest BCUT2D eigenvalue weighted by molar-refractivity contribution is -0.117. The lowest BCUT2D eigenvalue weighted by Crippen LogP contribution is -2.30. The van der Waals surface area contributed by atoms with Crippen LogP contribution in [0.15, 0.2) is 42.5 Å². The second-order valence-corrected chi connectivity index (χ2v) is 5.43. The van der Waals surface area contributed by atoms with Gasteiger partial charge in [0.2, 0.25) is 5.91 Å². The van der Waals surface area contributed by atoms with Crippen molar-refractivity contribution in [3.05, 3.63) is 59.2 Å². The van der Waals surface area contributed by atoms with Crippen molar-refractivity contribution in [2.75, 3.05) is 18.6 Å². The molecule has 0 fully saturated rings. The number of methoxy groups -OCH3 is 1. The van der Waals surface area contributed by atoms with E-state index in [-0.39, 0.29) is 17.9 Å². The number of anilines is 1. The largest absolute Gasteiger partial charge is 0.496 e. The summed E-state index contributed by atoms with van der Waals surface area (Å²) in [5.41, 5.74) is 2.80. The van der Waals surface area contributed by atoms with Crippen LogP contribution in [-0.2, 0) is 17.6 Å². The third-order valence-corrected chi connectivity index (χ3v) is 4.06. The zero-order chi connectivity index (χ0) is 16.4. The number of nitrogens with zero attached hydrogens (tertiary/aromatic N) is 1. The molecule has 0 unspecified atom stereocenters. The molecule has 23 heavy (non-hydrogen) atoms. The molecule has 0 radical (unpaired) electrons. The van der Waals surface area contributed by atoms with Gasteiger partial charge in [-0.2, -0.15) is 0 Å². The fraction of sp³-hybridized carbons (Fsp3) is 0.222. The van der Waals surface area contributed by atoms with E-state index in [9.17, 15) is 9.59 Å². The topological polar surface area (TPSA) is 66.8 Å². The minimum atomic E-state index is -0.952. The van der Waals surface area contributed by atoms with Crippen molar-refractivity contribution in [3.8, 4) is 5.75 Å². The molecule has 1 N–H and O–H groups in total. The van der Waals surface area contributed by atoms with E-state index in [0.29, 0.717) is 18.7 Å². The quantitative estimate of drug-likeness (QED) is 0.942. The van der Waals surface area contributed by atoms with E-state index < -0.39 is 5.97 Å². The molecule has 0 spiro atoms. The van der Waals surface area contributed by atoms with Crippen molar-refractivity contribution in [1.29, 1.82) is 0 Å². The van der Waals surface area contributed by atoms with Crippen LogP contribution in [0.1, 0.15) is 21.5 Å². The van der Waals surface area contributed by atoms with Gasteiger partial charge in [0, 0.05) is 17.8 Å². The van der Waals surface area contributed by atoms with Crippen molar-refractivity contribution in [1.82, 2.24) is 0 Å². The van der Waals surface area contributed by atoms with Crippen molar-refractivity contribution in [2.24, 2.45) is 0 Å². The second kappa shape index (κ2) is 6.12. The molecular formula is C18H17NO4. The molecule has 1 aliphatic rings. The summed E-state index contributed by atoms with van der Waals surface area (Å²) < 4.78 is 5.28. The fourth-order valence-electron chi connectivity index (χ4n) is 2.90. The first-order chi connectivity index (χ1) is 11.1. The molecule has 3 rings (SSSR count). The highest BCUT2D eigenvalue weighted by atomic mass is 16.5. The zero-order valence-corrected chi connectivity index (χ0v) is 12.8. The number of carbonyl (C=O) groups is 2. The van der Waals surface area contributed by atoms with Crippen LogP contribution in [-0.4, -0.2) is 30.6 Å². The van der Waals surface area contributed by atoms with Crippen LogP contribution >= 0.6 is 0 Å². The monoisotopic (exact) mass is 311 g/mol. The van der Waals surface area contributed by atoms with Crippen molar-refractivity contribution in [2.45, 2.75) is 12.8 Å². The molecule has 1 amide bonds. The van der Waals surface area contributed by atoms with E-state index in [2.05, 4.69) is 0 Å². The Morgan fingerprint density at radius 1 is 1.22 bits per heavy atom. The molecule has 0 aliphatic carbocycles. The van der Waals surface area contributed by atoms with Crippen LogP contribution in [0.4, 0.5) is 5.69 Å². The van der Waals surface area contributed by atoms with Gasteiger partial charge in [0.05, 0.1) is 19.1 Å². The highest BCUT2D eigenvalue weighted by Gasteiger charge is 2.26. The number of ether oxygens (including phenoxy) is 1. The van der Waals surface area contributed by atoms with Gasteiger partial charge in [-0.15, -0.1) is 0 Å². The van der Waals surface area contributed by atoms with E-state index >= 15 is 0 Å². The molecule has 1 heterocycles. The van der Waals surface area contributed by atoms with Crippen LogP contribution < -0.4 is 9.64 Å². The Kier molecular flexibility index (Phi) is 4.02. The highest BCUT2D eigenvalue weighted by Crippen LogP contribution is 2.30. The number of hydrogen-bond acceptors (Lipinski definition) is 3. The average molecular weight is 311 g/mol. The molecule has 0 saturated carbocycles. The number of carboxylic acids is 1. The molecule has 118 valence electrons. The molecule has 5 nitrogen and oxygen atoms in total. The van der Waals surface area contributed by atoms with Gasteiger partial charge in [0.25, 0.3) is 0 Å². The van der Waals surface area contributed by atoms with Gasteiger partial charge in [-0.1, -0.05) is 18.2 Å². The van der Waals surface area contributed by atoms with Crippen LogP contribution in [0, 0.1) is 0 Å². The average Bonchev–Trinajstić information content (AvgIpc) is 2.98. The smallest absolute Gasteiger partial charge is 0.335 e. The third-order valence-electron chi connectivity index (χ3n) is 4.06. The van der Waals surface area contributed by atoms with Gasteiger partial charge in [0.1, 0.15) is 5.75 Å². The van der Waals surface area contributed by atoms with Crippen molar-refractivity contribution in [3.63, 3.8) is 0 Å². The van der Waals surface area contributed by atoms with Gasteiger partial charge in [0.15, 0.2) is 0 Å². The summed E-state index contributed by atoms with van der Waals surface area (Å²) in [5, 5.41) is 9.05. The minimum absolute atomic E-state index is 0.0173. The lowest BCUT2D eigenvalue weighted by Gasteiger charge is -2.18. The Morgan fingerprint density at radius 2 is 2.00 bits per heavy atom. The van der Waals surface area contributed by atoms with Crippen LogP contribution in [0.5, 0.6) is 5.75 Å². The Hall–Kier alpha value is -2.82. The Morgan fingerprint density at radius 3 is 2.74 bits per heavy atom. The summed E-state index contributed by atoms with van der Waals surface area (Å²) in [4.78, 5) is 25.4. The predicted octanol–water partition coefficient (Wildman–Crippen LogP) is 2.53. The van der Waals surface area contributed by atoms with E-state index in [1.165, 1.54) is 6.07 Å². The first kappa shape index (κ1) is 15.1. The number of fused-ring (bicyclic) bond motifs is 1. The lowest BCUT2D eigenvalue weighted by atomic mass is 10.1. The number of aromatic carboxylic acids is 1. The number of benzene rings is 2. The zero-order valence-electron chi connectivity index (χ0n) is 12.8. The van der Waals surface area contributed by atoms with Crippen molar-refractivity contribution < 1.29 is 19.4 Å². The maximum absolute atomic E-state index is 12.6. The molecule has 0 saturated heterocycles. The van der Waals surface area contributed by atoms with Gasteiger partial charge < -0.3 is 14.7 Å². The van der Waals surface area contributed by atoms with E-state index in [1.807, 2.05) is 24.3 Å². The number of carboxylic acid groups (broad SMARTS) is 1. The molecule has 0 bridgehead atoms. The minimum Gasteiger partial charge on any atom is -0.496 e. The number of para-hydroxylation sites is 1. The van der Waals surface area contributed by atoms with Gasteiger partial charge >= 0.3 is 5.97 Å². The summed E-state index contributed by atoms with van der Waals surface area (Å²) in [6.07, 6.45) is 0.929. The van der Waals surface area contributed by atoms with E-state index in [4.69, 9.17) is 9.84 Å². The summed E-state index contributed by atoms with van der Waals surface area (Å²) in [7, 11) is 1.59. The first-order valence-corrected chi connectivity index (χ1v) is 7.38. The molecule has 2 aromatic rings. The second-order valence-electron chi connectivity index (χ2n) is 5.43.